The summed E-state index contributed by atoms with van der Waals surface area (Å²) in [6.07, 6.45) is 0. The van der Waals surface area contributed by atoms with Gasteiger partial charge in [0.25, 0.3) is 0 Å². The van der Waals surface area contributed by atoms with Gasteiger partial charge in [0.05, 0.1) is 12.2 Å². The molecule has 0 aliphatic carbocycles. The number of aryl methyl sites for hydroxylation is 1. The predicted molar refractivity (Wildman–Crippen MR) is 76.7 cm³/mol. The Kier molecular flexibility index (Phi) is 3.51. The van der Waals surface area contributed by atoms with Gasteiger partial charge in [-0.05, 0) is 43.7 Å². The summed E-state index contributed by atoms with van der Waals surface area (Å²) in [5.74, 6) is 0. The molecule has 2 aromatic rings. The van der Waals surface area contributed by atoms with E-state index in [-0.39, 0.29) is 0 Å². The molecule has 0 saturated carbocycles. The van der Waals surface area contributed by atoms with Gasteiger partial charge in [-0.3, -0.25) is 4.98 Å². The molecule has 0 radical (unpaired) electrons. The van der Waals surface area contributed by atoms with E-state index in [2.05, 4.69) is 23.0 Å². The summed E-state index contributed by atoms with van der Waals surface area (Å²) in [5.41, 5.74) is 11.1. The number of aromatic nitrogens is 1. The van der Waals surface area contributed by atoms with Gasteiger partial charge in [0.2, 0.25) is 0 Å². The molecule has 0 amide bonds. The Morgan fingerprint density at radius 2 is 1.83 bits per heavy atom. The predicted octanol–water partition coefficient (Wildman–Crippen LogP) is 2.92. The van der Waals surface area contributed by atoms with Gasteiger partial charge in [-0.1, -0.05) is 12.1 Å². The maximum Gasteiger partial charge on any atom is 0.0600 e. The maximum absolute atomic E-state index is 5.93. The number of nitrogens with zero attached hydrogens (tertiary/aromatic N) is 2. The van der Waals surface area contributed by atoms with Gasteiger partial charge < -0.3 is 10.6 Å². The second-order valence-electron chi connectivity index (χ2n) is 4.62. The highest BCUT2D eigenvalue weighted by atomic mass is 15.1. The van der Waals surface area contributed by atoms with E-state index in [4.69, 9.17) is 5.73 Å². The van der Waals surface area contributed by atoms with Gasteiger partial charge in [-0.25, -0.2) is 0 Å². The van der Waals surface area contributed by atoms with Gasteiger partial charge >= 0.3 is 0 Å². The standard InChI is InChI=1S/C15H19N3/c1-11-6-4-7-13(17-11)10-18(3)15-9-5-8-14(16)12(15)2/h4-9H,10,16H2,1-3H3. The van der Waals surface area contributed by atoms with Crippen molar-refractivity contribution in [3.8, 4) is 0 Å². The lowest BCUT2D eigenvalue weighted by Gasteiger charge is -2.22. The van der Waals surface area contributed by atoms with Crippen LogP contribution in [0.15, 0.2) is 36.4 Å². The van der Waals surface area contributed by atoms with Crippen molar-refractivity contribution in [2.24, 2.45) is 0 Å². The van der Waals surface area contributed by atoms with Crippen LogP contribution in [0, 0.1) is 13.8 Å². The Morgan fingerprint density at radius 1 is 1.11 bits per heavy atom. The normalized spacial score (nSPS) is 10.4. The molecule has 3 heteroatoms. The molecule has 0 saturated heterocycles. The van der Waals surface area contributed by atoms with Gasteiger partial charge in [0.1, 0.15) is 0 Å². The summed E-state index contributed by atoms with van der Waals surface area (Å²) < 4.78 is 0. The van der Waals surface area contributed by atoms with Crippen molar-refractivity contribution in [2.75, 3.05) is 17.7 Å². The lowest BCUT2D eigenvalue weighted by molar-refractivity contribution is 0.873. The van der Waals surface area contributed by atoms with E-state index in [0.717, 1.165) is 34.9 Å². The van der Waals surface area contributed by atoms with Crippen LogP contribution in [0.25, 0.3) is 0 Å². The first-order chi connectivity index (χ1) is 8.58. The second kappa shape index (κ2) is 5.08. The SMILES string of the molecule is Cc1cccc(CN(C)c2cccc(N)c2C)n1. The zero-order chi connectivity index (χ0) is 13.1. The minimum atomic E-state index is 0.784. The molecule has 2 rings (SSSR count). The molecule has 1 heterocycles. The topological polar surface area (TPSA) is 42.1 Å². The first-order valence-electron chi connectivity index (χ1n) is 6.06. The highest BCUT2D eigenvalue weighted by molar-refractivity contribution is 5.63. The number of pyridine rings is 1. The van der Waals surface area contributed by atoms with Crippen LogP contribution in [0.1, 0.15) is 17.0 Å². The highest BCUT2D eigenvalue weighted by Gasteiger charge is 2.07. The van der Waals surface area contributed by atoms with E-state index in [1.54, 1.807) is 0 Å². The molecule has 0 bridgehead atoms. The van der Waals surface area contributed by atoms with Crippen molar-refractivity contribution in [1.29, 1.82) is 0 Å². The third-order valence-corrected chi connectivity index (χ3v) is 3.10. The van der Waals surface area contributed by atoms with Crippen LogP contribution in [-0.4, -0.2) is 12.0 Å². The minimum absolute atomic E-state index is 0.784. The molecule has 18 heavy (non-hydrogen) atoms. The number of benzene rings is 1. The van der Waals surface area contributed by atoms with E-state index in [0.29, 0.717) is 0 Å². The third-order valence-electron chi connectivity index (χ3n) is 3.10. The van der Waals surface area contributed by atoms with Gasteiger partial charge in [-0.15, -0.1) is 0 Å². The van der Waals surface area contributed by atoms with E-state index in [1.807, 2.05) is 44.2 Å². The minimum Gasteiger partial charge on any atom is -0.398 e. The molecule has 0 atom stereocenters. The fraction of sp³-hybridized carbons (Fsp3) is 0.267. The van der Waals surface area contributed by atoms with Crippen molar-refractivity contribution in [3.05, 3.63) is 53.3 Å². The Morgan fingerprint density at radius 3 is 2.56 bits per heavy atom. The molecular weight excluding hydrogens is 222 g/mol. The number of nitrogens with two attached hydrogens (primary N) is 1. The zero-order valence-electron chi connectivity index (χ0n) is 11.1. The van der Waals surface area contributed by atoms with Gasteiger partial charge in [0, 0.05) is 24.1 Å². The summed E-state index contributed by atoms with van der Waals surface area (Å²) in [5, 5.41) is 0. The molecule has 0 spiro atoms. The van der Waals surface area contributed by atoms with E-state index in [9.17, 15) is 0 Å². The van der Waals surface area contributed by atoms with Crippen LogP contribution in [0.5, 0.6) is 0 Å². The largest absolute Gasteiger partial charge is 0.398 e. The van der Waals surface area contributed by atoms with Crippen LogP contribution in [0.2, 0.25) is 0 Å². The molecule has 0 aliphatic rings. The van der Waals surface area contributed by atoms with Crippen LogP contribution < -0.4 is 10.6 Å². The molecule has 0 aliphatic heterocycles. The summed E-state index contributed by atoms with van der Waals surface area (Å²) in [7, 11) is 2.06. The first-order valence-corrected chi connectivity index (χ1v) is 6.06. The Labute approximate surface area is 108 Å². The van der Waals surface area contributed by atoms with Crippen LogP contribution >= 0.6 is 0 Å². The van der Waals surface area contributed by atoms with E-state index >= 15 is 0 Å². The molecule has 94 valence electrons. The lowest BCUT2D eigenvalue weighted by atomic mass is 10.1. The lowest BCUT2D eigenvalue weighted by Crippen LogP contribution is -2.18. The van der Waals surface area contributed by atoms with Crippen molar-refractivity contribution >= 4 is 11.4 Å². The van der Waals surface area contributed by atoms with Crippen molar-refractivity contribution in [1.82, 2.24) is 4.98 Å². The number of hydrogen-bond donors (Lipinski definition) is 1. The summed E-state index contributed by atoms with van der Waals surface area (Å²) in [6, 6.07) is 12.1. The van der Waals surface area contributed by atoms with Crippen molar-refractivity contribution < 1.29 is 0 Å². The third kappa shape index (κ3) is 2.62. The average Bonchev–Trinajstić information content (AvgIpc) is 2.32. The Bertz CT molecular complexity index is 549. The van der Waals surface area contributed by atoms with Crippen molar-refractivity contribution in [2.45, 2.75) is 20.4 Å². The quantitative estimate of drug-likeness (QED) is 0.840. The Hall–Kier alpha value is -2.03. The number of rotatable bonds is 3. The van der Waals surface area contributed by atoms with Crippen LogP contribution in [-0.2, 0) is 6.54 Å². The first kappa shape index (κ1) is 12.4. The molecule has 3 nitrogen and oxygen atoms in total. The van der Waals surface area contributed by atoms with Crippen LogP contribution in [0.4, 0.5) is 11.4 Å². The molecular formula is C15H19N3. The van der Waals surface area contributed by atoms with Crippen LogP contribution in [0.3, 0.4) is 0 Å². The monoisotopic (exact) mass is 241 g/mol. The van der Waals surface area contributed by atoms with E-state index in [1.165, 1.54) is 0 Å². The summed E-state index contributed by atoms with van der Waals surface area (Å²) in [6.45, 7) is 4.84. The average molecular weight is 241 g/mol. The highest BCUT2D eigenvalue weighted by Crippen LogP contribution is 2.24. The molecule has 2 N–H and O–H groups in total. The molecule has 0 unspecified atom stereocenters. The van der Waals surface area contributed by atoms with Gasteiger partial charge in [-0.2, -0.15) is 0 Å². The van der Waals surface area contributed by atoms with Crippen molar-refractivity contribution in [3.63, 3.8) is 0 Å². The molecule has 0 fully saturated rings. The number of hydrogen-bond acceptors (Lipinski definition) is 3. The maximum atomic E-state index is 5.93. The number of anilines is 2. The summed E-state index contributed by atoms with van der Waals surface area (Å²) in [4.78, 5) is 6.69. The molecule has 1 aromatic heterocycles. The summed E-state index contributed by atoms with van der Waals surface area (Å²) >= 11 is 0. The zero-order valence-corrected chi connectivity index (χ0v) is 11.1. The van der Waals surface area contributed by atoms with E-state index < -0.39 is 0 Å². The Balaban J connectivity index is 2.22. The molecule has 1 aromatic carbocycles. The smallest absolute Gasteiger partial charge is 0.0600 e. The number of nitrogen functional groups attached to an aromatic ring is 1. The second-order valence-corrected chi connectivity index (χ2v) is 4.62. The van der Waals surface area contributed by atoms with Gasteiger partial charge in [0.15, 0.2) is 0 Å². The fourth-order valence-electron chi connectivity index (χ4n) is 2.07. The fourth-order valence-corrected chi connectivity index (χ4v) is 2.07.